The van der Waals surface area contributed by atoms with Gasteiger partial charge in [-0.3, -0.25) is 9.98 Å². The lowest BCUT2D eigenvalue weighted by Crippen LogP contribution is -2.40. The van der Waals surface area contributed by atoms with Crippen LogP contribution in [0.15, 0.2) is 20.2 Å². The topological polar surface area (TPSA) is 108 Å². The Kier molecular flexibility index (Phi) is 10.6. The van der Waals surface area contributed by atoms with E-state index in [-0.39, 0.29) is 0 Å². The molecule has 0 bridgehead atoms. The Balaban J connectivity index is 4.79. The first-order chi connectivity index (χ1) is 11.9. The second kappa shape index (κ2) is 11.2. The minimum Gasteiger partial charge on any atom is -0.385 e. The molecule has 4 N–H and O–H groups in total. The van der Waals surface area contributed by atoms with Crippen molar-refractivity contribution in [3.05, 3.63) is 0 Å². The van der Waals surface area contributed by atoms with Crippen LogP contribution in [0.3, 0.4) is 0 Å². The zero-order valence-corrected chi connectivity index (χ0v) is 18.1. The third-order valence-corrected chi connectivity index (χ3v) is 3.89. The van der Waals surface area contributed by atoms with Gasteiger partial charge in [0.15, 0.2) is 0 Å². The van der Waals surface area contributed by atoms with E-state index in [0.717, 1.165) is 25.9 Å². The molecule has 0 aliphatic heterocycles. The maximum Gasteiger partial charge on any atom is 0.132 e. The fraction of sp³-hybridized carbons (Fsp3) is 0.889. The smallest absolute Gasteiger partial charge is 0.132 e. The summed E-state index contributed by atoms with van der Waals surface area (Å²) >= 11 is 0. The van der Waals surface area contributed by atoms with Crippen molar-refractivity contribution in [3.63, 3.8) is 0 Å². The monoisotopic (exact) mass is 368 g/mol. The Bertz CT molecular complexity index is 445. The van der Waals surface area contributed by atoms with Crippen molar-refractivity contribution in [2.75, 3.05) is 54.4 Å². The average Bonchev–Trinajstić information content (AvgIpc) is 2.53. The second-order valence-corrected chi connectivity index (χ2v) is 8.17. The molecule has 0 aromatic rings. The van der Waals surface area contributed by atoms with E-state index >= 15 is 0 Å². The number of hydrogen-bond donors (Lipinski definition) is 2. The van der Waals surface area contributed by atoms with Crippen LogP contribution < -0.4 is 11.5 Å². The molecule has 26 heavy (non-hydrogen) atoms. The van der Waals surface area contributed by atoms with Gasteiger partial charge >= 0.3 is 0 Å². The molecule has 0 unspecified atom stereocenters. The molecule has 0 amide bonds. The largest absolute Gasteiger partial charge is 0.385 e. The van der Waals surface area contributed by atoms with Crippen LogP contribution >= 0.6 is 0 Å². The Hall–Kier alpha value is -1.54. The first-order valence-corrected chi connectivity index (χ1v) is 9.23. The number of nitrogens with zero attached hydrogens (tertiary/aromatic N) is 6. The standard InChI is InChI=1S/C18H40N8/c1-17(2,15(19)21-11-9-13-25(5)6)23-24-18(3,4)16(20)22-12-10-14-26(7)8/h9-14H2,1-8H3,(H2,19,21)(H2,20,22). The lowest BCUT2D eigenvalue weighted by Gasteiger charge is -2.23. The van der Waals surface area contributed by atoms with Crippen molar-refractivity contribution in [3.8, 4) is 0 Å². The Labute approximate surface area is 159 Å². The van der Waals surface area contributed by atoms with Crippen LogP contribution in [0, 0.1) is 0 Å². The van der Waals surface area contributed by atoms with E-state index in [1.165, 1.54) is 0 Å². The number of rotatable bonds is 12. The van der Waals surface area contributed by atoms with Crippen LogP contribution in [-0.2, 0) is 0 Å². The zero-order chi connectivity index (χ0) is 20.4. The molecule has 0 heterocycles. The summed E-state index contributed by atoms with van der Waals surface area (Å²) in [4.78, 5) is 13.1. The number of azo groups is 1. The number of nitrogens with two attached hydrogens (primary N) is 2. The van der Waals surface area contributed by atoms with Crippen LogP contribution in [-0.4, -0.2) is 86.9 Å². The molecule has 0 aliphatic carbocycles. The Morgan fingerprint density at radius 2 is 1.00 bits per heavy atom. The van der Waals surface area contributed by atoms with Crippen LogP contribution in [0.4, 0.5) is 0 Å². The van der Waals surface area contributed by atoms with Gasteiger partial charge in [-0.05, 0) is 81.8 Å². The highest BCUT2D eigenvalue weighted by Crippen LogP contribution is 2.16. The summed E-state index contributed by atoms with van der Waals surface area (Å²) in [5, 5.41) is 8.82. The SMILES string of the molecule is CN(C)CCCN=C(N)C(C)(C)N=NC(C)(C)C(N)=NCCCN(C)C. The van der Waals surface area contributed by atoms with Gasteiger partial charge in [0.2, 0.25) is 0 Å². The van der Waals surface area contributed by atoms with E-state index < -0.39 is 11.1 Å². The normalized spacial score (nSPS) is 14.8. The van der Waals surface area contributed by atoms with Crippen molar-refractivity contribution in [1.29, 1.82) is 0 Å². The molecule has 0 aromatic carbocycles. The molecule has 0 atom stereocenters. The summed E-state index contributed by atoms with van der Waals surface area (Å²) in [7, 11) is 8.17. The summed E-state index contributed by atoms with van der Waals surface area (Å²) in [6.45, 7) is 10.9. The van der Waals surface area contributed by atoms with Gasteiger partial charge in [-0.15, -0.1) is 0 Å². The van der Waals surface area contributed by atoms with Gasteiger partial charge in [-0.1, -0.05) is 0 Å². The molecule has 8 nitrogen and oxygen atoms in total. The summed E-state index contributed by atoms with van der Waals surface area (Å²) in [5.74, 6) is 0.967. The van der Waals surface area contributed by atoms with E-state index in [4.69, 9.17) is 11.5 Å². The van der Waals surface area contributed by atoms with Crippen molar-refractivity contribution in [1.82, 2.24) is 9.80 Å². The van der Waals surface area contributed by atoms with Gasteiger partial charge in [0, 0.05) is 13.1 Å². The minimum absolute atomic E-state index is 0.484. The van der Waals surface area contributed by atoms with E-state index in [1.54, 1.807) is 0 Å². The lowest BCUT2D eigenvalue weighted by atomic mass is 10.0. The molecular weight excluding hydrogens is 328 g/mol. The van der Waals surface area contributed by atoms with Gasteiger partial charge < -0.3 is 21.3 Å². The molecule has 0 saturated carbocycles. The Morgan fingerprint density at radius 3 is 1.27 bits per heavy atom. The van der Waals surface area contributed by atoms with E-state index in [2.05, 4.69) is 30.0 Å². The number of amidine groups is 2. The van der Waals surface area contributed by atoms with Gasteiger partial charge in [-0.2, -0.15) is 10.2 Å². The predicted molar refractivity (Wildman–Crippen MR) is 112 cm³/mol. The second-order valence-electron chi connectivity index (χ2n) is 8.17. The molecule has 0 rings (SSSR count). The van der Waals surface area contributed by atoms with Crippen LogP contribution in [0.1, 0.15) is 40.5 Å². The van der Waals surface area contributed by atoms with Gasteiger partial charge in [0.1, 0.15) is 22.7 Å². The molecule has 0 spiro atoms. The maximum atomic E-state index is 6.12. The summed E-state index contributed by atoms with van der Waals surface area (Å²) in [6.07, 6.45) is 1.91. The van der Waals surface area contributed by atoms with Crippen molar-refractivity contribution in [2.24, 2.45) is 31.7 Å². The highest BCUT2D eigenvalue weighted by molar-refractivity contribution is 5.90. The molecule has 0 aromatic heterocycles. The van der Waals surface area contributed by atoms with Gasteiger partial charge in [0.25, 0.3) is 0 Å². The summed E-state index contributed by atoms with van der Waals surface area (Å²) in [5.41, 5.74) is 10.9. The third-order valence-electron chi connectivity index (χ3n) is 3.89. The molecule has 0 radical (unpaired) electrons. The Morgan fingerprint density at radius 1 is 0.692 bits per heavy atom. The van der Waals surface area contributed by atoms with Crippen LogP contribution in [0.5, 0.6) is 0 Å². The van der Waals surface area contributed by atoms with Gasteiger partial charge in [-0.25, -0.2) is 0 Å². The van der Waals surface area contributed by atoms with Crippen molar-refractivity contribution in [2.45, 2.75) is 51.6 Å². The minimum atomic E-state index is -0.666. The highest BCUT2D eigenvalue weighted by Gasteiger charge is 2.27. The molecule has 0 aliphatic rings. The quantitative estimate of drug-likeness (QED) is 0.236. The molecule has 8 heteroatoms. The fourth-order valence-electron chi connectivity index (χ4n) is 1.91. The van der Waals surface area contributed by atoms with Crippen molar-refractivity contribution >= 4 is 11.7 Å². The average molecular weight is 369 g/mol. The summed E-state index contributed by atoms with van der Waals surface area (Å²) in [6, 6.07) is 0. The molecular formula is C18H40N8. The summed E-state index contributed by atoms with van der Waals surface area (Å²) < 4.78 is 0. The lowest BCUT2D eigenvalue weighted by molar-refractivity contribution is 0.403. The number of aliphatic imine (C=N–C) groups is 2. The fourth-order valence-corrected chi connectivity index (χ4v) is 1.91. The van der Waals surface area contributed by atoms with E-state index in [0.29, 0.717) is 24.8 Å². The van der Waals surface area contributed by atoms with Crippen LogP contribution in [0.25, 0.3) is 0 Å². The van der Waals surface area contributed by atoms with Crippen molar-refractivity contribution < 1.29 is 0 Å². The highest BCUT2D eigenvalue weighted by atomic mass is 15.2. The molecule has 152 valence electrons. The number of hydrogen-bond acceptors (Lipinski definition) is 6. The third kappa shape index (κ3) is 10.5. The zero-order valence-electron chi connectivity index (χ0n) is 18.1. The predicted octanol–water partition coefficient (Wildman–Crippen LogP) is 1.61. The molecule has 0 saturated heterocycles. The molecule has 0 fully saturated rings. The van der Waals surface area contributed by atoms with Crippen LogP contribution in [0.2, 0.25) is 0 Å². The maximum absolute atomic E-state index is 6.12. The first kappa shape index (κ1) is 24.5. The first-order valence-electron chi connectivity index (χ1n) is 9.23. The van der Waals surface area contributed by atoms with Gasteiger partial charge in [0.05, 0.1) is 0 Å². The van der Waals surface area contributed by atoms with E-state index in [9.17, 15) is 0 Å². The van der Waals surface area contributed by atoms with E-state index in [1.807, 2.05) is 55.9 Å².